The van der Waals surface area contributed by atoms with Crippen molar-refractivity contribution in [2.75, 3.05) is 20.8 Å². The zero-order valence-corrected chi connectivity index (χ0v) is 11.4. The number of carbonyl (C=O) groups is 1. The van der Waals surface area contributed by atoms with E-state index in [1.54, 1.807) is 6.07 Å². The number of aliphatic hydroxyl groups is 1. The molecule has 1 heterocycles. The summed E-state index contributed by atoms with van der Waals surface area (Å²) < 4.78 is 10.1. The number of esters is 1. The van der Waals surface area contributed by atoms with Crippen molar-refractivity contribution in [3.05, 3.63) is 23.2 Å². The van der Waals surface area contributed by atoms with Crippen molar-refractivity contribution in [2.24, 2.45) is 0 Å². The molecule has 102 valence electrons. The maximum atomic E-state index is 11.4. The number of methoxy groups -OCH3 is 1. The first-order valence-corrected chi connectivity index (χ1v) is 6.04. The standard InChI is InChI=1S/C13H21NO4/c1-5-11-10(7-14(3)9(2)8-15)6-12(18-11)13(16)17-4/h6,9,15H,5,7-8H2,1-4H3. The van der Waals surface area contributed by atoms with E-state index in [2.05, 4.69) is 4.74 Å². The van der Waals surface area contributed by atoms with E-state index < -0.39 is 5.97 Å². The van der Waals surface area contributed by atoms with Gasteiger partial charge >= 0.3 is 5.97 Å². The lowest BCUT2D eigenvalue weighted by atomic mass is 10.1. The molecule has 1 aromatic rings. The first-order valence-electron chi connectivity index (χ1n) is 6.04. The number of furan rings is 1. The first-order chi connectivity index (χ1) is 8.53. The fourth-order valence-electron chi connectivity index (χ4n) is 1.66. The minimum Gasteiger partial charge on any atom is -0.463 e. The van der Waals surface area contributed by atoms with E-state index in [-0.39, 0.29) is 18.4 Å². The Bertz CT molecular complexity index is 400. The topological polar surface area (TPSA) is 62.9 Å². The Balaban J connectivity index is 2.87. The molecule has 1 atom stereocenters. The highest BCUT2D eigenvalue weighted by Gasteiger charge is 2.18. The van der Waals surface area contributed by atoms with Gasteiger partial charge in [-0.15, -0.1) is 0 Å². The van der Waals surface area contributed by atoms with Gasteiger partial charge in [0, 0.05) is 24.6 Å². The maximum absolute atomic E-state index is 11.4. The summed E-state index contributed by atoms with van der Waals surface area (Å²) in [5.74, 6) is 0.551. The molecule has 0 aliphatic heterocycles. The minimum atomic E-state index is -0.464. The van der Waals surface area contributed by atoms with Crippen LogP contribution in [0, 0.1) is 0 Å². The van der Waals surface area contributed by atoms with Crippen molar-refractivity contribution in [3.63, 3.8) is 0 Å². The lowest BCUT2D eigenvalue weighted by Crippen LogP contribution is -2.31. The molecule has 1 N–H and O–H groups in total. The Morgan fingerprint density at radius 2 is 2.28 bits per heavy atom. The molecule has 0 spiro atoms. The summed E-state index contributed by atoms with van der Waals surface area (Å²) in [5, 5.41) is 9.10. The monoisotopic (exact) mass is 255 g/mol. The number of hydrogen-bond donors (Lipinski definition) is 1. The summed E-state index contributed by atoms with van der Waals surface area (Å²) in [6.45, 7) is 4.64. The van der Waals surface area contributed by atoms with E-state index in [0.717, 1.165) is 11.3 Å². The molecule has 0 radical (unpaired) electrons. The van der Waals surface area contributed by atoms with Gasteiger partial charge in [0.05, 0.1) is 13.7 Å². The zero-order chi connectivity index (χ0) is 13.7. The number of hydrogen-bond acceptors (Lipinski definition) is 5. The van der Waals surface area contributed by atoms with Crippen LogP contribution in [0.3, 0.4) is 0 Å². The molecule has 5 nitrogen and oxygen atoms in total. The number of ether oxygens (including phenoxy) is 1. The molecule has 0 aliphatic carbocycles. The fourth-order valence-corrected chi connectivity index (χ4v) is 1.66. The van der Waals surface area contributed by atoms with Crippen LogP contribution in [0.1, 0.15) is 35.7 Å². The first kappa shape index (κ1) is 14.7. The van der Waals surface area contributed by atoms with Gasteiger partial charge in [-0.2, -0.15) is 0 Å². The molecule has 1 aromatic heterocycles. The summed E-state index contributed by atoms with van der Waals surface area (Å²) in [4.78, 5) is 13.4. The smallest absolute Gasteiger partial charge is 0.373 e. The predicted octanol–water partition coefficient (Wildman–Crippen LogP) is 1.44. The highest BCUT2D eigenvalue weighted by Crippen LogP contribution is 2.19. The number of aliphatic hydroxyl groups excluding tert-OH is 1. The van der Waals surface area contributed by atoms with Crippen molar-refractivity contribution >= 4 is 5.97 Å². The van der Waals surface area contributed by atoms with Crippen LogP contribution in [0.2, 0.25) is 0 Å². The molecule has 0 saturated heterocycles. The molecule has 0 aliphatic rings. The van der Waals surface area contributed by atoms with Crippen molar-refractivity contribution in [1.29, 1.82) is 0 Å². The van der Waals surface area contributed by atoms with Crippen LogP contribution < -0.4 is 0 Å². The van der Waals surface area contributed by atoms with Gasteiger partial charge in [-0.05, 0) is 20.0 Å². The summed E-state index contributed by atoms with van der Waals surface area (Å²) >= 11 is 0. The van der Waals surface area contributed by atoms with Crippen LogP contribution in [0.15, 0.2) is 10.5 Å². The molecule has 1 unspecified atom stereocenters. The van der Waals surface area contributed by atoms with Crippen LogP contribution in [-0.4, -0.2) is 42.8 Å². The van der Waals surface area contributed by atoms with Gasteiger partial charge in [0.1, 0.15) is 5.76 Å². The Kier molecular flexibility index (Phi) is 5.37. The Labute approximate surface area is 107 Å². The third kappa shape index (κ3) is 3.34. The van der Waals surface area contributed by atoms with E-state index in [4.69, 9.17) is 9.52 Å². The quantitative estimate of drug-likeness (QED) is 0.779. The molecule has 0 fully saturated rings. The third-order valence-corrected chi connectivity index (χ3v) is 3.04. The highest BCUT2D eigenvalue weighted by atomic mass is 16.5. The molecule has 0 amide bonds. The van der Waals surface area contributed by atoms with E-state index in [1.807, 2.05) is 25.8 Å². The highest BCUT2D eigenvalue weighted by molar-refractivity contribution is 5.86. The normalized spacial score (nSPS) is 12.8. The molecule has 0 saturated carbocycles. The summed E-state index contributed by atoms with van der Waals surface area (Å²) in [6, 6.07) is 1.77. The number of aryl methyl sites for hydroxylation is 1. The molecule has 5 heteroatoms. The van der Waals surface area contributed by atoms with Crippen LogP contribution >= 0.6 is 0 Å². The number of rotatable bonds is 6. The predicted molar refractivity (Wildman–Crippen MR) is 67.4 cm³/mol. The summed E-state index contributed by atoms with van der Waals surface area (Å²) in [6.07, 6.45) is 0.716. The van der Waals surface area contributed by atoms with E-state index >= 15 is 0 Å². The second-order valence-corrected chi connectivity index (χ2v) is 4.35. The second kappa shape index (κ2) is 6.56. The lowest BCUT2D eigenvalue weighted by molar-refractivity contribution is 0.0563. The Morgan fingerprint density at radius 1 is 1.61 bits per heavy atom. The number of carbonyl (C=O) groups excluding carboxylic acids is 1. The third-order valence-electron chi connectivity index (χ3n) is 3.04. The number of likely N-dealkylation sites (N-methyl/N-ethyl adjacent to an activating group) is 1. The second-order valence-electron chi connectivity index (χ2n) is 4.35. The maximum Gasteiger partial charge on any atom is 0.373 e. The van der Waals surface area contributed by atoms with Gasteiger partial charge in [0.2, 0.25) is 5.76 Å². The van der Waals surface area contributed by atoms with Gasteiger partial charge in [0.15, 0.2) is 0 Å². The van der Waals surface area contributed by atoms with Crippen LogP contribution in [0.4, 0.5) is 0 Å². The molecular weight excluding hydrogens is 234 g/mol. The summed E-state index contributed by atoms with van der Waals surface area (Å²) in [5.41, 5.74) is 0.959. The Hall–Kier alpha value is -1.33. The average molecular weight is 255 g/mol. The van der Waals surface area contributed by atoms with Crippen LogP contribution in [0.5, 0.6) is 0 Å². The van der Waals surface area contributed by atoms with E-state index in [1.165, 1.54) is 7.11 Å². The van der Waals surface area contributed by atoms with E-state index in [9.17, 15) is 4.79 Å². The molecule has 18 heavy (non-hydrogen) atoms. The summed E-state index contributed by atoms with van der Waals surface area (Å²) in [7, 11) is 3.25. The Morgan fingerprint density at radius 3 is 2.78 bits per heavy atom. The van der Waals surface area contributed by atoms with Gasteiger partial charge in [-0.3, -0.25) is 4.90 Å². The van der Waals surface area contributed by atoms with Crippen molar-refractivity contribution in [3.8, 4) is 0 Å². The average Bonchev–Trinajstić information content (AvgIpc) is 2.79. The van der Waals surface area contributed by atoms with Crippen molar-refractivity contribution < 1.29 is 19.1 Å². The molecule has 0 bridgehead atoms. The molecule has 0 aromatic carbocycles. The lowest BCUT2D eigenvalue weighted by Gasteiger charge is -2.22. The van der Waals surface area contributed by atoms with Gasteiger partial charge in [-0.25, -0.2) is 4.79 Å². The van der Waals surface area contributed by atoms with Crippen LogP contribution in [0.25, 0.3) is 0 Å². The SMILES string of the molecule is CCc1oc(C(=O)OC)cc1CN(C)C(C)CO. The number of nitrogens with zero attached hydrogens (tertiary/aromatic N) is 1. The van der Waals surface area contributed by atoms with Gasteiger partial charge in [0.25, 0.3) is 0 Å². The van der Waals surface area contributed by atoms with Crippen molar-refractivity contribution in [1.82, 2.24) is 4.90 Å². The fraction of sp³-hybridized carbons (Fsp3) is 0.615. The van der Waals surface area contributed by atoms with E-state index in [0.29, 0.717) is 13.0 Å². The molecule has 1 rings (SSSR count). The minimum absolute atomic E-state index is 0.0613. The van der Waals surface area contributed by atoms with Crippen molar-refractivity contribution in [2.45, 2.75) is 32.9 Å². The van der Waals surface area contributed by atoms with Gasteiger partial charge in [-0.1, -0.05) is 6.92 Å². The molecular formula is C13H21NO4. The zero-order valence-electron chi connectivity index (χ0n) is 11.4. The largest absolute Gasteiger partial charge is 0.463 e. The van der Waals surface area contributed by atoms with Crippen LogP contribution in [-0.2, 0) is 17.7 Å². The van der Waals surface area contributed by atoms with Gasteiger partial charge < -0.3 is 14.3 Å².